The van der Waals surface area contributed by atoms with E-state index in [-0.39, 0.29) is 0 Å². The normalized spacial score (nSPS) is 15.8. The molecule has 0 aromatic rings. The van der Waals surface area contributed by atoms with Crippen LogP contribution in [-0.2, 0) is 0 Å². The summed E-state index contributed by atoms with van der Waals surface area (Å²) in [7, 11) is 0. The molecule has 0 fully saturated rings. The minimum absolute atomic E-state index is 0.412. The van der Waals surface area contributed by atoms with Crippen LogP contribution >= 0.6 is 0 Å². The maximum absolute atomic E-state index is 3.58. The van der Waals surface area contributed by atoms with Crippen LogP contribution in [0.25, 0.3) is 0 Å². The molecule has 0 bridgehead atoms. The molecule has 0 amide bonds. The highest BCUT2D eigenvalue weighted by Crippen LogP contribution is 2.22. The van der Waals surface area contributed by atoms with E-state index in [0.717, 1.165) is 6.54 Å². The molecule has 0 saturated carbocycles. The Bertz CT molecular complexity index is 168. The Morgan fingerprint density at radius 3 is 2.19 bits per heavy atom. The molecule has 0 rings (SSSR count). The van der Waals surface area contributed by atoms with Crippen LogP contribution in [-0.4, -0.2) is 37.1 Å². The molecular weight excluding hydrogens is 196 g/mol. The van der Waals surface area contributed by atoms with Gasteiger partial charge in [-0.1, -0.05) is 41.5 Å². The summed E-state index contributed by atoms with van der Waals surface area (Å²) in [5.41, 5.74) is 0.412. The summed E-state index contributed by atoms with van der Waals surface area (Å²) in [6, 6.07) is 0.590. The third kappa shape index (κ3) is 6.49. The summed E-state index contributed by atoms with van der Waals surface area (Å²) in [4.78, 5) is 2.57. The topological polar surface area (TPSA) is 15.3 Å². The summed E-state index contributed by atoms with van der Waals surface area (Å²) < 4.78 is 0. The van der Waals surface area contributed by atoms with E-state index in [1.165, 1.54) is 32.5 Å². The van der Waals surface area contributed by atoms with Gasteiger partial charge in [0.15, 0.2) is 0 Å². The lowest BCUT2D eigenvalue weighted by Crippen LogP contribution is -2.43. The molecule has 0 aromatic heterocycles. The standard InChI is InChI=1S/C14H32N2/c1-7-10-16(9-3)12-14(6,8-2)11-15-13(4)5/h13,15H,7-12H2,1-6H3. The van der Waals surface area contributed by atoms with Crippen molar-refractivity contribution in [1.29, 1.82) is 0 Å². The van der Waals surface area contributed by atoms with Crippen molar-refractivity contribution in [1.82, 2.24) is 10.2 Å². The Hall–Kier alpha value is -0.0800. The molecule has 1 unspecified atom stereocenters. The van der Waals surface area contributed by atoms with Gasteiger partial charge in [0.05, 0.1) is 0 Å². The van der Waals surface area contributed by atoms with E-state index >= 15 is 0 Å². The predicted octanol–water partition coefficient (Wildman–Crippen LogP) is 3.13. The van der Waals surface area contributed by atoms with E-state index in [0.29, 0.717) is 11.5 Å². The molecule has 0 saturated heterocycles. The quantitative estimate of drug-likeness (QED) is 0.652. The molecule has 0 heterocycles. The minimum Gasteiger partial charge on any atom is -0.314 e. The van der Waals surface area contributed by atoms with E-state index in [2.05, 4.69) is 51.8 Å². The number of nitrogens with one attached hydrogen (secondary N) is 1. The molecule has 0 aromatic carbocycles. The van der Waals surface area contributed by atoms with E-state index in [1.54, 1.807) is 0 Å². The van der Waals surface area contributed by atoms with Crippen LogP contribution in [0.3, 0.4) is 0 Å². The second-order valence-electron chi connectivity index (χ2n) is 5.57. The van der Waals surface area contributed by atoms with Gasteiger partial charge >= 0.3 is 0 Å². The monoisotopic (exact) mass is 228 g/mol. The maximum Gasteiger partial charge on any atom is 0.00473 e. The van der Waals surface area contributed by atoms with Crippen molar-refractivity contribution in [3.63, 3.8) is 0 Å². The fourth-order valence-corrected chi connectivity index (χ4v) is 1.95. The molecule has 1 atom stereocenters. The van der Waals surface area contributed by atoms with E-state index in [1.807, 2.05) is 0 Å². The molecule has 0 radical (unpaired) electrons. The summed E-state index contributed by atoms with van der Waals surface area (Å²) in [6.45, 7) is 18.4. The minimum atomic E-state index is 0.412. The Kier molecular flexibility index (Phi) is 8.04. The van der Waals surface area contributed by atoms with Gasteiger partial charge < -0.3 is 10.2 Å². The van der Waals surface area contributed by atoms with Gasteiger partial charge in [-0.2, -0.15) is 0 Å². The van der Waals surface area contributed by atoms with Crippen LogP contribution in [0.15, 0.2) is 0 Å². The third-order valence-electron chi connectivity index (χ3n) is 3.38. The highest BCUT2D eigenvalue weighted by atomic mass is 15.1. The lowest BCUT2D eigenvalue weighted by molar-refractivity contribution is 0.158. The summed E-state index contributed by atoms with van der Waals surface area (Å²) >= 11 is 0. The van der Waals surface area contributed by atoms with Gasteiger partial charge in [0.2, 0.25) is 0 Å². The number of nitrogens with zero attached hydrogens (tertiary/aromatic N) is 1. The molecule has 2 heteroatoms. The van der Waals surface area contributed by atoms with Crippen LogP contribution in [0, 0.1) is 5.41 Å². The largest absolute Gasteiger partial charge is 0.314 e. The highest BCUT2D eigenvalue weighted by molar-refractivity contribution is 4.80. The maximum atomic E-state index is 3.58. The van der Waals surface area contributed by atoms with Gasteiger partial charge in [-0.3, -0.25) is 0 Å². The zero-order chi connectivity index (χ0) is 12.6. The number of rotatable bonds is 9. The van der Waals surface area contributed by atoms with E-state index in [9.17, 15) is 0 Å². The first-order chi connectivity index (χ1) is 7.47. The summed E-state index contributed by atoms with van der Waals surface area (Å²) in [5.74, 6) is 0. The molecule has 0 aliphatic heterocycles. The zero-order valence-electron chi connectivity index (χ0n) is 12.3. The fraction of sp³-hybridized carbons (Fsp3) is 1.00. The SMILES string of the molecule is CCCN(CC)CC(C)(CC)CNC(C)C. The first kappa shape index (κ1) is 15.9. The van der Waals surface area contributed by atoms with Crippen molar-refractivity contribution in [3.8, 4) is 0 Å². The van der Waals surface area contributed by atoms with Crippen LogP contribution in [0.5, 0.6) is 0 Å². The van der Waals surface area contributed by atoms with E-state index in [4.69, 9.17) is 0 Å². The van der Waals surface area contributed by atoms with Gasteiger partial charge in [0.25, 0.3) is 0 Å². The molecule has 0 spiro atoms. The Labute approximate surface area is 103 Å². The number of hydrogen-bond acceptors (Lipinski definition) is 2. The van der Waals surface area contributed by atoms with Crippen LogP contribution in [0.1, 0.15) is 54.4 Å². The van der Waals surface area contributed by atoms with E-state index < -0.39 is 0 Å². The van der Waals surface area contributed by atoms with Crippen molar-refractivity contribution in [2.45, 2.75) is 60.4 Å². The van der Waals surface area contributed by atoms with Crippen molar-refractivity contribution in [2.24, 2.45) is 5.41 Å². The van der Waals surface area contributed by atoms with Crippen molar-refractivity contribution in [2.75, 3.05) is 26.2 Å². The van der Waals surface area contributed by atoms with Gasteiger partial charge in [0.1, 0.15) is 0 Å². The molecule has 16 heavy (non-hydrogen) atoms. The molecular formula is C14H32N2. The molecule has 2 nitrogen and oxygen atoms in total. The number of hydrogen-bond donors (Lipinski definition) is 1. The van der Waals surface area contributed by atoms with Gasteiger partial charge in [-0.05, 0) is 31.3 Å². The van der Waals surface area contributed by atoms with Gasteiger partial charge in [0, 0.05) is 19.1 Å². The van der Waals surface area contributed by atoms with Crippen LogP contribution in [0.2, 0.25) is 0 Å². The van der Waals surface area contributed by atoms with Gasteiger partial charge in [-0.25, -0.2) is 0 Å². The second-order valence-corrected chi connectivity index (χ2v) is 5.57. The second kappa shape index (κ2) is 8.08. The Balaban J connectivity index is 4.21. The Morgan fingerprint density at radius 2 is 1.81 bits per heavy atom. The summed E-state index contributed by atoms with van der Waals surface area (Å²) in [6.07, 6.45) is 2.50. The summed E-state index contributed by atoms with van der Waals surface area (Å²) in [5, 5.41) is 3.58. The predicted molar refractivity (Wildman–Crippen MR) is 73.9 cm³/mol. The lowest BCUT2D eigenvalue weighted by Gasteiger charge is -2.35. The zero-order valence-corrected chi connectivity index (χ0v) is 12.3. The van der Waals surface area contributed by atoms with Crippen molar-refractivity contribution >= 4 is 0 Å². The van der Waals surface area contributed by atoms with Gasteiger partial charge in [-0.15, -0.1) is 0 Å². The highest BCUT2D eigenvalue weighted by Gasteiger charge is 2.24. The van der Waals surface area contributed by atoms with Crippen LogP contribution < -0.4 is 5.32 Å². The molecule has 0 aliphatic rings. The molecule has 0 aliphatic carbocycles. The first-order valence-electron chi connectivity index (χ1n) is 6.93. The lowest BCUT2D eigenvalue weighted by atomic mass is 9.86. The van der Waals surface area contributed by atoms with Crippen molar-refractivity contribution < 1.29 is 0 Å². The smallest absolute Gasteiger partial charge is 0.00473 e. The average Bonchev–Trinajstić information content (AvgIpc) is 2.26. The Morgan fingerprint density at radius 1 is 1.19 bits per heavy atom. The fourth-order valence-electron chi connectivity index (χ4n) is 1.95. The first-order valence-corrected chi connectivity index (χ1v) is 6.93. The third-order valence-corrected chi connectivity index (χ3v) is 3.38. The van der Waals surface area contributed by atoms with Crippen LogP contribution in [0.4, 0.5) is 0 Å². The average molecular weight is 228 g/mol. The molecule has 98 valence electrons. The van der Waals surface area contributed by atoms with Crippen molar-refractivity contribution in [3.05, 3.63) is 0 Å². The molecule has 1 N–H and O–H groups in total.